The standard InChI is InChI=1S/C11H24.BF4/c1-3-5-7-9-11-10-8-6-4-2;2-1(3,4)5/h3-11H2,1-2H3;/q;-1. The summed E-state index contributed by atoms with van der Waals surface area (Å²) in [6.07, 6.45) is 13.0. The molecule has 0 aromatic rings. The van der Waals surface area contributed by atoms with Crippen molar-refractivity contribution in [2.75, 3.05) is 0 Å². The summed E-state index contributed by atoms with van der Waals surface area (Å²) in [6.45, 7) is 4.55. The van der Waals surface area contributed by atoms with Crippen molar-refractivity contribution in [2.24, 2.45) is 0 Å². The number of rotatable bonds is 8. The molecule has 5 heteroatoms. The average Bonchev–Trinajstić information content (AvgIpc) is 2.14. The van der Waals surface area contributed by atoms with E-state index in [1.165, 1.54) is 57.8 Å². The zero-order valence-corrected chi connectivity index (χ0v) is 10.5. The molecule has 16 heavy (non-hydrogen) atoms. The zero-order valence-electron chi connectivity index (χ0n) is 10.5. The van der Waals surface area contributed by atoms with Gasteiger partial charge in [-0.05, 0) is 0 Å². The summed E-state index contributed by atoms with van der Waals surface area (Å²) < 4.78 is 39.0. The van der Waals surface area contributed by atoms with Crippen LogP contribution >= 0.6 is 0 Å². The van der Waals surface area contributed by atoms with E-state index >= 15 is 0 Å². The summed E-state index contributed by atoms with van der Waals surface area (Å²) >= 11 is 0. The van der Waals surface area contributed by atoms with Gasteiger partial charge in [0.15, 0.2) is 0 Å². The number of halogens is 4. The molecular weight excluding hydrogens is 219 g/mol. The van der Waals surface area contributed by atoms with Gasteiger partial charge in [0.1, 0.15) is 0 Å². The maximum atomic E-state index is 9.75. The first-order valence-electron chi connectivity index (χ1n) is 6.29. The van der Waals surface area contributed by atoms with E-state index in [0.29, 0.717) is 0 Å². The second-order valence-corrected chi connectivity index (χ2v) is 3.97. The Balaban J connectivity index is 0. The number of hydrogen-bond donors (Lipinski definition) is 0. The Morgan fingerprint density at radius 1 is 0.562 bits per heavy atom. The summed E-state index contributed by atoms with van der Waals surface area (Å²) in [4.78, 5) is 0. The van der Waals surface area contributed by atoms with E-state index in [2.05, 4.69) is 13.8 Å². The normalized spacial score (nSPS) is 10.9. The number of unbranched alkanes of at least 4 members (excludes halogenated alkanes) is 8. The first-order chi connectivity index (χ1) is 7.41. The summed E-state index contributed by atoms with van der Waals surface area (Å²) in [6, 6.07) is 0. The Hall–Kier alpha value is -0.215. The maximum Gasteiger partial charge on any atom is 0.673 e. The third-order valence-electron chi connectivity index (χ3n) is 2.21. The predicted molar refractivity (Wildman–Crippen MR) is 63.1 cm³/mol. The molecule has 0 aliphatic carbocycles. The molecule has 0 N–H and O–H groups in total. The van der Waals surface area contributed by atoms with Crippen molar-refractivity contribution in [1.82, 2.24) is 0 Å². The summed E-state index contributed by atoms with van der Waals surface area (Å²) in [7, 11) is -6.00. The van der Waals surface area contributed by atoms with Gasteiger partial charge in [-0.15, -0.1) is 0 Å². The van der Waals surface area contributed by atoms with Crippen molar-refractivity contribution in [2.45, 2.75) is 71.6 Å². The molecule has 0 rings (SSSR count). The molecule has 100 valence electrons. The van der Waals surface area contributed by atoms with Gasteiger partial charge in [0.25, 0.3) is 0 Å². The minimum Gasteiger partial charge on any atom is -0.418 e. The van der Waals surface area contributed by atoms with Gasteiger partial charge in [-0.1, -0.05) is 71.6 Å². The first-order valence-corrected chi connectivity index (χ1v) is 6.29. The van der Waals surface area contributed by atoms with Crippen molar-refractivity contribution in [1.29, 1.82) is 0 Å². The SMILES string of the molecule is CCCCCCCCCCC.F[B-](F)(F)F. The van der Waals surface area contributed by atoms with Gasteiger partial charge in [0, 0.05) is 0 Å². The van der Waals surface area contributed by atoms with Crippen molar-refractivity contribution < 1.29 is 17.3 Å². The van der Waals surface area contributed by atoms with Crippen LogP contribution in [0.1, 0.15) is 71.6 Å². The van der Waals surface area contributed by atoms with E-state index in [1.807, 2.05) is 0 Å². The van der Waals surface area contributed by atoms with E-state index in [9.17, 15) is 17.3 Å². The Kier molecular flexibility index (Phi) is 14.6. The second-order valence-electron chi connectivity index (χ2n) is 3.97. The Bertz CT molecular complexity index is 112. The van der Waals surface area contributed by atoms with Crippen LogP contribution in [0.25, 0.3) is 0 Å². The van der Waals surface area contributed by atoms with E-state index in [1.54, 1.807) is 0 Å². The van der Waals surface area contributed by atoms with Crippen LogP contribution in [0.3, 0.4) is 0 Å². The molecule has 0 radical (unpaired) electrons. The fraction of sp³-hybridized carbons (Fsp3) is 1.00. The lowest BCUT2D eigenvalue weighted by Crippen LogP contribution is -2.02. The Labute approximate surface area is 96.9 Å². The van der Waals surface area contributed by atoms with Gasteiger partial charge >= 0.3 is 7.25 Å². The van der Waals surface area contributed by atoms with Crippen LogP contribution in [-0.4, -0.2) is 7.25 Å². The van der Waals surface area contributed by atoms with Crippen LogP contribution in [0, 0.1) is 0 Å². The lowest BCUT2D eigenvalue weighted by Gasteiger charge is -1.98. The molecule has 0 aromatic carbocycles. The predicted octanol–water partition coefficient (Wildman–Crippen LogP) is 5.84. The molecule has 0 bridgehead atoms. The summed E-state index contributed by atoms with van der Waals surface area (Å²) in [5, 5.41) is 0. The van der Waals surface area contributed by atoms with Gasteiger partial charge in [-0.25, -0.2) is 0 Å². The minimum absolute atomic E-state index is 1.37. The quantitative estimate of drug-likeness (QED) is 0.285. The van der Waals surface area contributed by atoms with E-state index in [4.69, 9.17) is 0 Å². The monoisotopic (exact) mass is 243 g/mol. The van der Waals surface area contributed by atoms with Crippen molar-refractivity contribution in [3.05, 3.63) is 0 Å². The highest BCUT2D eigenvalue weighted by molar-refractivity contribution is 6.50. The van der Waals surface area contributed by atoms with E-state index in [0.717, 1.165) is 0 Å². The van der Waals surface area contributed by atoms with Gasteiger partial charge in [-0.2, -0.15) is 0 Å². The molecule has 0 saturated carbocycles. The minimum atomic E-state index is -6.00. The van der Waals surface area contributed by atoms with Crippen LogP contribution in [0.2, 0.25) is 0 Å². The van der Waals surface area contributed by atoms with Crippen molar-refractivity contribution in [3.63, 3.8) is 0 Å². The lowest BCUT2D eigenvalue weighted by atomic mass is 10.1. The molecule has 0 atom stereocenters. The topological polar surface area (TPSA) is 0 Å². The van der Waals surface area contributed by atoms with Crippen LogP contribution in [0.15, 0.2) is 0 Å². The smallest absolute Gasteiger partial charge is 0.418 e. The van der Waals surface area contributed by atoms with Gasteiger partial charge in [-0.3, -0.25) is 0 Å². The van der Waals surface area contributed by atoms with E-state index in [-0.39, 0.29) is 0 Å². The molecule has 0 fully saturated rings. The molecule has 0 saturated heterocycles. The highest BCUT2D eigenvalue weighted by Gasteiger charge is 2.20. The van der Waals surface area contributed by atoms with Crippen molar-refractivity contribution in [3.8, 4) is 0 Å². The molecule has 0 aliphatic rings. The molecule has 0 heterocycles. The maximum absolute atomic E-state index is 9.75. The first kappa shape index (κ1) is 18.2. The fourth-order valence-electron chi connectivity index (χ4n) is 1.38. The van der Waals surface area contributed by atoms with Gasteiger partial charge in [0.05, 0.1) is 0 Å². The van der Waals surface area contributed by atoms with Crippen molar-refractivity contribution >= 4 is 7.25 Å². The summed E-state index contributed by atoms with van der Waals surface area (Å²) in [5.74, 6) is 0. The molecule has 0 unspecified atom stereocenters. The largest absolute Gasteiger partial charge is 0.673 e. The molecular formula is C11H24BF4-. The average molecular weight is 243 g/mol. The Morgan fingerprint density at radius 2 is 0.750 bits per heavy atom. The van der Waals surface area contributed by atoms with Gasteiger partial charge < -0.3 is 17.3 Å². The molecule has 0 amide bonds. The molecule has 0 nitrogen and oxygen atoms in total. The van der Waals surface area contributed by atoms with Crippen LogP contribution < -0.4 is 0 Å². The highest BCUT2D eigenvalue weighted by Crippen LogP contribution is 2.08. The fourth-order valence-corrected chi connectivity index (χ4v) is 1.38. The van der Waals surface area contributed by atoms with Crippen LogP contribution in [0.5, 0.6) is 0 Å². The van der Waals surface area contributed by atoms with Crippen LogP contribution in [-0.2, 0) is 0 Å². The highest BCUT2D eigenvalue weighted by atomic mass is 19.5. The third kappa shape index (κ3) is 37.2. The molecule has 0 aromatic heterocycles. The van der Waals surface area contributed by atoms with Gasteiger partial charge in [0.2, 0.25) is 0 Å². The zero-order chi connectivity index (χ0) is 12.9. The van der Waals surface area contributed by atoms with Crippen LogP contribution in [0.4, 0.5) is 17.3 Å². The lowest BCUT2D eigenvalue weighted by molar-refractivity contribution is 0.368. The number of hydrogen-bond acceptors (Lipinski definition) is 0. The third-order valence-corrected chi connectivity index (χ3v) is 2.21. The summed E-state index contributed by atoms with van der Waals surface area (Å²) in [5.41, 5.74) is 0. The Morgan fingerprint density at radius 3 is 0.938 bits per heavy atom. The molecule has 0 aliphatic heterocycles. The molecule has 0 spiro atoms. The van der Waals surface area contributed by atoms with E-state index < -0.39 is 7.25 Å². The second kappa shape index (κ2) is 12.9.